The molecular formula is C16H19NO2. The Bertz CT molecular complexity index is 577. The van der Waals surface area contributed by atoms with Crippen LogP contribution < -0.4 is 4.74 Å². The number of benzene rings is 1. The fourth-order valence-corrected chi connectivity index (χ4v) is 2.34. The minimum absolute atomic E-state index is 0.780. The van der Waals surface area contributed by atoms with E-state index in [1.807, 2.05) is 38.1 Å². The normalized spacial score (nSPS) is 13.9. The molecule has 1 unspecified atom stereocenters. The van der Waals surface area contributed by atoms with Crippen LogP contribution >= 0.6 is 0 Å². The van der Waals surface area contributed by atoms with Gasteiger partial charge >= 0.3 is 0 Å². The maximum absolute atomic E-state index is 10.8. The number of rotatable bonds is 3. The molecule has 0 amide bonds. The smallest absolute Gasteiger partial charge is 0.122 e. The molecule has 1 atom stereocenters. The third-order valence-electron chi connectivity index (χ3n) is 3.49. The highest BCUT2D eigenvalue weighted by Crippen LogP contribution is 2.34. The van der Waals surface area contributed by atoms with Crippen molar-refractivity contribution in [1.82, 2.24) is 4.98 Å². The van der Waals surface area contributed by atoms with Crippen LogP contribution in [-0.2, 0) is 5.60 Å². The van der Waals surface area contributed by atoms with Gasteiger partial charge in [-0.05, 0) is 55.7 Å². The van der Waals surface area contributed by atoms with Crippen LogP contribution in [0.1, 0.15) is 29.2 Å². The highest BCUT2D eigenvalue weighted by Gasteiger charge is 2.28. The van der Waals surface area contributed by atoms with Crippen LogP contribution in [0.4, 0.5) is 0 Å². The summed E-state index contributed by atoms with van der Waals surface area (Å²) in [4.78, 5) is 4.08. The topological polar surface area (TPSA) is 42.4 Å². The van der Waals surface area contributed by atoms with E-state index in [0.717, 1.165) is 28.0 Å². The van der Waals surface area contributed by atoms with Crippen molar-refractivity contribution in [2.24, 2.45) is 0 Å². The third kappa shape index (κ3) is 2.47. The Morgan fingerprint density at radius 3 is 2.53 bits per heavy atom. The Morgan fingerprint density at radius 2 is 1.95 bits per heavy atom. The SMILES string of the molecule is COc1cc(C)c(C(C)(O)c2cccnc2)cc1C. The number of nitrogens with zero attached hydrogens (tertiary/aromatic N) is 1. The number of aliphatic hydroxyl groups is 1. The molecule has 0 aliphatic carbocycles. The largest absolute Gasteiger partial charge is 0.496 e. The molecule has 2 aromatic rings. The summed E-state index contributed by atoms with van der Waals surface area (Å²) in [5.74, 6) is 0.836. The van der Waals surface area contributed by atoms with E-state index in [1.54, 1.807) is 26.4 Å². The van der Waals surface area contributed by atoms with Crippen LogP contribution in [0.3, 0.4) is 0 Å². The van der Waals surface area contributed by atoms with Gasteiger partial charge in [0, 0.05) is 18.0 Å². The highest BCUT2D eigenvalue weighted by molar-refractivity contribution is 5.46. The molecule has 1 aromatic carbocycles. The maximum Gasteiger partial charge on any atom is 0.122 e. The summed E-state index contributed by atoms with van der Waals surface area (Å²) in [6, 6.07) is 7.64. The van der Waals surface area contributed by atoms with E-state index in [-0.39, 0.29) is 0 Å². The van der Waals surface area contributed by atoms with Gasteiger partial charge in [-0.15, -0.1) is 0 Å². The molecular weight excluding hydrogens is 238 g/mol. The van der Waals surface area contributed by atoms with Gasteiger partial charge in [0.05, 0.1) is 7.11 Å². The van der Waals surface area contributed by atoms with Crippen LogP contribution in [0, 0.1) is 13.8 Å². The lowest BCUT2D eigenvalue weighted by atomic mass is 9.85. The van der Waals surface area contributed by atoms with Gasteiger partial charge in [-0.3, -0.25) is 4.98 Å². The molecule has 2 rings (SSSR count). The first-order valence-electron chi connectivity index (χ1n) is 6.25. The molecule has 19 heavy (non-hydrogen) atoms. The summed E-state index contributed by atoms with van der Waals surface area (Å²) < 4.78 is 5.31. The summed E-state index contributed by atoms with van der Waals surface area (Å²) in [5.41, 5.74) is 2.60. The Balaban J connectivity index is 2.55. The van der Waals surface area contributed by atoms with E-state index in [4.69, 9.17) is 4.74 Å². The molecule has 0 saturated carbocycles. The Hall–Kier alpha value is -1.87. The molecule has 0 saturated heterocycles. The lowest BCUT2D eigenvalue weighted by Gasteiger charge is -2.27. The highest BCUT2D eigenvalue weighted by atomic mass is 16.5. The molecule has 0 spiro atoms. The lowest BCUT2D eigenvalue weighted by Crippen LogP contribution is -2.24. The zero-order valence-electron chi connectivity index (χ0n) is 11.8. The van der Waals surface area contributed by atoms with Gasteiger partial charge < -0.3 is 9.84 Å². The number of hydrogen-bond donors (Lipinski definition) is 1. The molecule has 1 N–H and O–H groups in total. The van der Waals surface area contributed by atoms with Gasteiger partial charge in [0.2, 0.25) is 0 Å². The molecule has 3 heteroatoms. The van der Waals surface area contributed by atoms with Crippen molar-refractivity contribution < 1.29 is 9.84 Å². The summed E-state index contributed by atoms with van der Waals surface area (Å²) in [6.07, 6.45) is 3.39. The zero-order chi connectivity index (χ0) is 14.0. The fraction of sp³-hybridized carbons (Fsp3) is 0.312. The van der Waals surface area contributed by atoms with Gasteiger partial charge in [0.15, 0.2) is 0 Å². The molecule has 0 aliphatic rings. The van der Waals surface area contributed by atoms with E-state index >= 15 is 0 Å². The molecule has 0 bridgehead atoms. The van der Waals surface area contributed by atoms with Gasteiger partial charge in [0.25, 0.3) is 0 Å². The molecule has 1 aromatic heterocycles. The first kappa shape index (κ1) is 13.6. The van der Waals surface area contributed by atoms with E-state index in [9.17, 15) is 5.11 Å². The third-order valence-corrected chi connectivity index (χ3v) is 3.49. The second kappa shape index (κ2) is 5.02. The monoisotopic (exact) mass is 257 g/mol. The van der Waals surface area contributed by atoms with E-state index < -0.39 is 5.60 Å². The van der Waals surface area contributed by atoms with Crippen LogP contribution in [0.5, 0.6) is 5.75 Å². The van der Waals surface area contributed by atoms with Gasteiger partial charge in [-0.25, -0.2) is 0 Å². The predicted molar refractivity (Wildman–Crippen MR) is 75.4 cm³/mol. The average Bonchev–Trinajstić information content (AvgIpc) is 2.41. The number of aryl methyl sites for hydroxylation is 2. The summed E-state index contributed by atoms with van der Waals surface area (Å²) in [5, 5.41) is 10.8. The summed E-state index contributed by atoms with van der Waals surface area (Å²) >= 11 is 0. The van der Waals surface area contributed by atoms with Crippen LogP contribution in [0.25, 0.3) is 0 Å². The number of pyridine rings is 1. The minimum Gasteiger partial charge on any atom is -0.496 e. The average molecular weight is 257 g/mol. The number of hydrogen-bond acceptors (Lipinski definition) is 3. The second-order valence-electron chi connectivity index (χ2n) is 4.95. The first-order valence-corrected chi connectivity index (χ1v) is 6.25. The quantitative estimate of drug-likeness (QED) is 0.919. The number of aromatic nitrogens is 1. The van der Waals surface area contributed by atoms with Crippen molar-refractivity contribution in [2.75, 3.05) is 7.11 Å². The van der Waals surface area contributed by atoms with Crippen molar-refractivity contribution in [3.05, 3.63) is 58.9 Å². The van der Waals surface area contributed by atoms with Crippen LogP contribution in [0.15, 0.2) is 36.7 Å². The number of ether oxygens (including phenoxy) is 1. The molecule has 100 valence electrons. The summed E-state index contributed by atoms with van der Waals surface area (Å²) in [6.45, 7) is 5.74. The van der Waals surface area contributed by atoms with Gasteiger partial charge in [-0.1, -0.05) is 6.07 Å². The number of methoxy groups -OCH3 is 1. The van der Waals surface area contributed by atoms with E-state index in [2.05, 4.69) is 4.98 Å². The van der Waals surface area contributed by atoms with Crippen molar-refractivity contribution >= 4 is 0 Å². The van der Waals surface area contributed by atoms with E-state index in [0.29, 0.717) is 0 Å². The Morgan fingerprint density at radius 1 is 1.21 bits per heavy atom. The van der Waals surface area contributed by atoms with Gasteiger partial charge in [-0.2, -0.15) is 0 Å². The second-order valence-corrected chi connectivity index (χ2v) is 4.95. The molecule has 0 radical (unpaired) electrons. The minimum atomic E-state index is -1.06. The molecule has 3 nitrogen and oxygen atoms in total. The van der Waals surface area contributed by atoms with Crippen LogP contribution in [0.2, 0.25) is 0 Å². The molecule has 0 aliphatic heterocycles. The van der Waals surface area contributed by atoms with Crippen molar-refractivity contribution in [3.63, 3.8) is 0 Å². The van der Waals surface area contributed by atoms with E-state index in [1.165, 1.54) is 0 Å². The van der Waals surface area contributed by atoms with Gasteiger partial charge in [0.1, 0.15) is 11.4 Å². The Kier molecular flexibility index (Phi) is 3.58. The fourth-order valence-electron chi connectivity index (χ4n) is 2.34. The van der Waals surface area contributed by atoms with Crippen molar-refractivity contribution in [3.8, 4) is 5.75 Å². The van der Waals surface area contributed by atoms with Crippen LogP contribution in [-0.4, -0.2) is 17.2 Å². The van der Waals surface area contributed by atoms with Crippen molar-refractivity contribution in [2.45, 2.75) is 26.4 Å². The standard InChI is InChI=1S/C16H19NO2/c1-11-9-15(19-4)12(2)8-14(11)16(3,18)13-6-5-7-17-10-13/h5-10,18H,1-4H3. The Labute approximate surface area is 113 Å². The summed E-state index contributed by atoms with van der Waals surface area (Å²) in [7, 11) is 1.65. The lowest BCUT2D eigenvalue weighted by molar-refractivity contribution is 0.101. The molecule has 1 heterocycles. The predicted octanol–water partition coefficient (Wildman–Crippen LogP) is 2.96. The zero-order valence-corrected chi connectivity index (χ0v) is 11.8. The van der Waals surface area contributed by atoms with Crippen molar-refractivity contribution in [1.29, 1.82) is 0 Å². The maximum atomic E-state index is 10.8. The first-order chi connectivity index (χ1) is 8.96. The molecule has 0 fully saturated rings.